The summed E-state index contributed by atoms with van der Waals surface area (Å²) in [6, 6.07) is 12.5. The smallest absolute Gasteiger partial charge is 0.287 e. The molecule has 1 unspecified atom stereocenters. The van der Waals surface area contributed by atoms with Crippen LogP contribution >= 0.6 is 23.1 Å². The number of thioether (sulfide) groups is 1. The maximum atomic E-state index is 13.5. The first-order valence-electron chi connectivity index (χ1n) is 12.0. The number of rotatable bonds is 10. The third-order valence-corrected chi connectivity index (χ3v) is 8.09. The summed E-state index contributed by atoms with van der Waals surface area (Å²) in [4.78, 5) is 26.7. The second-order valence-electron chi connectivity index (χ2n) is 8.47. The molecule has 1 aliphatic heterocycles. The summed E-state index contributed by atoms with van der Waals surface area (Å²) in [6.07, 6.45) is 1.98. The summed E-state index contributed by atoms with van der Waals surface area (Å²) >= 11 is 2.83. The van der Waals surface area contributed by atoms with Gasteiger partial charge < -0.3 is 23.8 Å². The molecule has 202 valence electrons. The number of nitrogens with one attached hydrogen (secondary N) is 1. The van der Waals surface area contributed by atoms with Crippen molar-refractivity contribution in [2.75, 3.05) is 20.0 Å². The standard InChI is InChI=1S/C26H26N6O5S2/c1-31-22(14-27-25(34)20-9-5-11-37-20)28-29-26(31)39-15-23(33)32-18(13-17(30-32)21-10-6-12-38-21)16-7-4-8-19(35-2)24(16)36-3/h4-12,18H,13-15H2,1-3H3,(H,27,34). The van der Waals surface area contributed by atoms with E-state index in [1.54, 1.807) is 49.3 Å². The molecule has 0 spiro atoms. The van der Waals surface area contributed by atoms with Crippen LogP contribution in [-0.2, 0) is 18.4 Å². The van der Waals surface area contributed by atoms with Gasteiger partial charge in [0.15, 0.2) is 28.2 Å². The van der Waals surface area contributed by atoms with Crippen molar-refractivity contribution in [3.05, 3.63) is 76.1 Å². The summed E-state index contributed by atoms with van der Waals surface area (Å²) < 4.78 is 18.0. The lowest BCUT2D eigenvalue weighted by Gasteiger charge is -2.24. The fourth-order valence-electron chi connectivity index (χ4n) is 4.22. The highest BCUT2D eigenvalue weighted by Gasteiger charge is 2.36. The van der Waals surface area contributed by atoms with Crippen molar-refractivity contribution < 1.29 is 23.5 Å². The van der Waals surface area contributed by atoms with Crippen LogP contribution in [0.15, 0.2) is 68.8 Å². The summed E-state index contributed by atoms with van der Waals surface area (Å²) in [5, 5.41) is 19.9. The van der Waals surface area contributed by atoms with Crippen molar-refractivity contribution in [2.24, 2.45) is 12.1 Å². The number of hydrogen-bond acceptors (Lipinski definition) is 10. The largest absolute Gasteiger partial charge is 0.493 e. The molecule has 0 saturated carbocycles. The highest BCUT2D eigenvalue weighted by Crippen LogP contribution is 2.42. The van der Waals surface area contributed by atoms with E-state index in [2.05, 4.69) is 15.5 Å². The summed E-state index contributed by atoms with van der Waals surface area (Å²) in [5.74, 6) is 1.49. The number of aromatic nitrogens is 3. The minimum absolute atomic E-state index is 0.0920. The van der Waals surface area contributed by atoms with Crippen molar-refractivity contribution in [1.82, 2.24) is 25.1 Å². The van der Waals surface area contributed by atoms with Gasteiger partial charge in [0, 0.05) is 19.0 Å². The molecule has 1 atom stereocenters. The summed E-state index contributed by atoms with van der Waals surface area (Å²) in [6.45, 7) is 0.163. The molecule has 4 heterocycles. The molecule has 13 heteroatoms. The van der Waals surface area contributed by atoms with Crippen LogP contribution in [0.2, 0.25) is 0 Å². The van der Waals surface area contributed by atoms with Crippen LogP contribution in [0.1, 0.15) is 39.3 Å². The van der Waals surface area contributed by atoms with Crippen LogP contribution in [0.4, 0.5) is 0 Å². The van der Waals surface area contributed by atoms with Gasteiger partial charge in [-0.25, -0.2) is 5.01 Å². The number of hydrogen-bond donors (Lipinski definition) is 1. The SMILES string of the molecule is COc1cccc(C2CC(c3cccs3)=NN2C(=O)CSc2nnc(CNC(=O)c3ccco3)n2C)c1OC. The molecule has 0 saturated heterocycles. The average molecular weight is 567 g/mol. The number of ether oxygens (including phenoxy) is 2. The van der Waals surface area contributed by atoms with E-state index >= 15 is 0 Å². The molecule has 4 aromatic rings. The Balaban J connectivity index is 1.31. The van der Waals surface area contributed by atoms with Crippen LogP contribution in [-0.4, -0.2) is 57.3 Å². The van der Waals surface area contributed by atoms with E-state index in [-0.39, 0.29) is 35.9 Å². The van der Waals surface area contributed by atoms with Crippen molar-refractivity contribution >= 4 is 40.6 Å². The monoisotopic (exact) mass is 566 g/mol. The minimum atomic E-state index is -0.355. The Labute approximate surface area is 232 Å². The summed E-state index contributed by atoms with van der Waals surface area (Å²) in [5.41, 5.74) is 1.66. The third kappa shape index (κ3) is 5.54. The molecule has 5 rings (SSSR count). The Bertz CT molecular complexity index is 1480. The van der Waals surface area contributed by atoms with E-state index in [1.807, 2.05) is 35.7 Å². The molecule has 3 aromatic heterocycles. The highest BCUT2D eigenvalue weighted by atomic mass is 32.2. The van der Waals surface area contributed by atoms with E-state index in [9.17, 15) is 9.59 Å². The van der Waals surface area contributed by atoms with E-state index in [4.69, 9.17) is 19.0 Å². The van der Waals surface area contributed by atoms with Crippen LogP contribution in [0, 0.1) is 0 Å². The van der Waals surface area contributed by atoms with Crippen LogP contribution in [0.5, 0.6) is 11.5 Å². The zero-order valence-electron chi connectivity index (χ0n) is 21.5. The van der Waals surface area contributed by atoms with E-state index in [0.29, 0.717) is 28.9 Å². The van der Waals surface area contributed by atoms with Crippen molar-refractivity contribution in [3.63, 3.8) is 0 Å². The van der Waals surface area contributed by atoms with E-state index < -0.39 is 0 Å². The number of carbonyl (C=O) groups excluding carboxylic acids is 2. The van der Waals surface area contributed by atoms with Gasteiger partial charge in [-0.2, -0.15) is 5.10 Å². The topological polar surface area (TPSA) is 124 Å². The molecular weight excluding hydrogens is 540 g/mol. The van der Waals surface area contributed by atoms with Gasteiger partial charge >= 0.3 is 0 Å². The number of hydrazone groups is 1. The Hall–Kier alpha value is -4.10. The lowest BCUT2D eigenvalue weighted by atomic mass is 9.99. The predicted octanol–water partition coefficient (Wildman–Crippen LogP) is 3.89. The molecule has 0 bridgehead atoms. The molecule has 2 amide bonds. The van der Waals surface area contributed by atoms with Crippen LogP contribution in [0.3, 0.4) is 0 Å². The molecule has 1 aliphatic rings. The zero-order valence-corrected chi connectivity index (χ0v) is 23.1. The van der Waals surface area contributed by atoms with Gasteiger partial charge in [-0.1, -0.05) is 30.0 Å². The number of nitrogens with zero attached hydrogens (tertiary/aromatic N) is 5. The van der Waals surface area contributed by atoms with Crippen molar-refractivity contribution in [3.8, 4) is 11.5 Å². The third-order valence-electron chi connectivity index (χ3n) is 6.17. The molecule has 1 aromatic carbocycles. The molecule has 0 aliphatic carbocycles. The van der Waals surface area contributed by atoms with Gasteiger partial charge in [0.2, 0.25) is 0 Å². The molecule has 1 N–H and O–H groups in total. The fourth-order valence-corrected chi connectivity index (χ4v) is 5.72. The quantitative estimate of drug-likeness (QED) is 0.287. The number of amides is 2. The Morgan fingerprint density at radius 1 is 1.15 bits per heavy atom. The number of benzene rings is 1. The van der Waals surface area contributed by atoms with Crippen LogP contribution in [0.25, 0.3) is 0 Å². The van der Waals surface area contributed by atoms with E-state index in [1.165, 1.54) is 23.0 Å². The van der Waals surface area contributed by atoms with Gasteiger partial charge in [0.05, 0.1) is 49.4 Å². The maximum absolute atomic E-state index is 13.5. The number of thiophene rings is 1. The van der Waals surface area contributed by atoms with E-state index in [0.717, 1.165) is 16.2 Å². The van der Waals surface area contributed by atoms with Gasteiger partial charge in [0.1, 0.15) is 0 Å². The highest BCUT2D eigenvalue weighted by molar-refractivity contribution is 7.99. The first-order chi connectivity index (χ1) is 19.0. The normalized spacial score (nSPS) is 14.8. The maximum Gasteiger partial charge on any atom is 0.287 e. The molecular formula is C26H26N6O5S2. The molecule has 11 nitrogen and oxygen atoms in total. The second kappa shape index (κ2) is 11.7. The van der Waals surface area contributed by atoms with Crippen molar-refractivity contribution in [1.29, 1.82) is 0 Å². The Morgan fingerprint density at radius 3 is 2.74 bits per heavy atom. The number of para-hydroxylation sites is 1. The Morgan fingerprint density at radius 2 is 2.03 bits per heavy atom. The first-order valence-corrected chi connectivity index (χ1v) is 13.8. The number of carbonyl (C=O) groups is 2. The Kier molecular flexibility index (Phi) is 7.98. The first kappa shape index (κ1) is 26.5. The second-order valence-corrected chi connectivity index (χ2v) is 10.4. The fraction of sp³-hybridized carbons (Fsp3) is 0.269. The van der Waals surface area contributed by atoms with Gasteiger partial charge in [-0.3, -0.25) is 9.59 Å². The van der Waals surface area contributed by atoms with Crippen molar-refractivity contribution in [2.45, 2.75) is 24.2 Å². The average Bonchev–Trinajstić information content (AvgIpc) is 3.77. The number of methoxy groups -OCH3 is 2. The predicted molar refractivity (Wildman–Crippen MR) is 146 cm³/mol. The van der Waals surface area contributed by atoms with Gasteiger partial charge in [-0.05, 0) is 29.6 Å². The van der Waals surface area contributed by atoms with Gasteiger partial charge in [0.25, 0.3) is 11.8 Å². The zero-order chi connectivity index (χ0) is 27.4. The van der Waals surface area contributed by atoms with Crippen LogP contribution < -0.4 is 14.8 Å². The lowest BCUT2D eigenvalue weighted by Crippen LogP contribution is -2.29. The molecule has 0 radical (unpaired) electrons. The summed E-state index contributed by atoms with van der Waals surface area (Å²) in [7, 11) is 4.96. The lowest BCUT2D eigenvalue weighted by molar-refractivity contribution is -0.130. The van der Waals surface area contributed by atoms with Gasteiger partial charge in [-0.15, -0.1) is 21.5 Å². The molecule has 0 fully saturated rings. The molecule has 39 heavy (non-hydrogen) atoms. The number of furan rings is 1. The minimum Gasteiger partial charge on any atom is -0.493 e.